The van der Waals surface area contributed by atoms with Gasteiger partial charge in [-0.3, -0.25) is 9.59 Å². The third kappa shape index (κ3) is 1.62. The molecule has 1 aliphatic carbocycles. The first-order chi connectivity index (χ1) is 9.00. The zero-order valence-corrected chi connectivity index (χ0v) is 10.8. The van der Waals surface area contributed by atoms with Crippen LogP contribution in [-0.4, -0.2) is 16.7 Å². The van der Waals surface area contributed by atoms with E-state index in [1.54, 1.807) is 0 Å². The predicted octanol–water partition coefficient (Wildman–Crippen LogP) is 3.26. The van der Waals surface area contributed by atoms with Gasteiger partial charge in [-0.25, -0.2) is 4.39 Å². The van der Waals surface area contributed by atoms with E-state index in [9.17, 15) is 19.1 Å². The zero-order chi connectivity index (χ0) is 13.7. The van der Waals surface area contributed by atoms with E-state index in [2.05, 4.69) is 0 Å². The number of ketones is 2. The van der Waals surface area contributed by atoms with Gasteiger partial charge in [0.25, 0.3) is 0 Å². The number of phenols is 1. The molecule has 0 bridgehead atoms. The molecule has 19 heavy (non-hydrogen) atoms. The van der Waals surface area contributed by atoms with Crippen molar-refractivity contribution in [2.45, 2.75) is 13.1 Å². The summed E-state index contributed by atoms with van der Waals surface area (Å²) in [5.74, 6) is -0.981. The van der Waals surface area contributed by atoms with Crippen molar-refractivity contribution in [3.63, 3.8) is 0 Å². The van der Waals surface area contributed by atoms with Gasteiger partial charge in [-0.2, -0.15) is 0 Å². The Morgan fingerprint density at radius 2 is 1.95 bits per heavy atom. The lowest BCUT2D eigenvalue weighted by atomic mass is 9.88. The van der Waals surface area contributed by atoms with Crippen LogP contribution in [0.4, 0.5) is 4.39 Å². The molecule has 3 nitrogen and oxygen atoms in total. The molecule has 0 radical (unpaired) electrons. The van der Waals surface area contributed by atoms with E-state index in [0.29, 0.717) is 4.88 Å². The first-order valence-corrected chi connectivity index (χ1v) is 6.51. The van der Waals surface area contributed by atoms with Crippen molar-refractivity contribution < 1.29 is 19.1 Å². The van der Waals surface area contributed by atoms with E-state index in [-0.39, 0.29) is 33.1 Å². The Morgan fingerprint density at radius 1 is 1.21 bits per heavy atom. The summed E-state index contributed by atoms with van der Waals surface area (Å²) in [5.41, 5.74) is 0.372. The van der Waals surface area contributed by atoms with E-state index in [1.807, 2.05) is 0 Å². The second kappa shape index (κ2) is 3.99. The van der Waals surface area contributed by atoms with E-state index >= 15 is 0 Å². The highest BCUT2D eigenvalue weighted by atomic mass is 32.1. The summed E-state index contributed by atoms with van der Waals surface area (Å²) >= 11 is 0.998. The largest absolute Gasteiger partial charge is 0.507 e. The smallest absolute Gasteiger partial charge is 0.204 e. The monoisotopic (exact) mass is 276 g/mol. The van der Waals surface area contributed by atoms with Crippen LogP contribution >= 0.6 is 11.3 Å². The molecule has 0 saturated carbocycles. The average molecular weight is 276 g/mol. The number of alkyl halides is 1. The van der Waals surface area contributed by atoms with Crippen LogP contribution in [-0.2, 0) is 0 Å². The molecule has 1 atom stereocenters. The number of halogens is 1. The fraction of sp³-hybridized carbons (Fsp3) is 0.143. The minimum absolute atomic E-state index is 0.0101. The SMILES string of the molecule is CC(F)c1cc2c(s1)C(=O)c1cccc(O)c1C2=O. The van der Waals surface area contributed by atoms with Crippen molar-refractivity contribution in [3.05, 3.63) is 50.7 Å². The van der Waals surface area contributed by atoms with Crippen LogP contribution in [0.3, 0.4) is 0 Å². The summed E-state index contributed by atoms with van der Waals surface area (Å²) in [6.45, 7) is 1.36. The summed E-state index contributed by atoms with van der Waals surface area (Å²) in [7, 11) is 0. The third-order valence-corrected chi connectivity index (χ3v) is 4.40. The van der Waals surface area contributed by atoms with Gasteiger partial charge in [0, 0.05) is 16.0 Å². The van der Waals surface area contributed by atoms with Gasteiger partial charge < -0.3 is 5.11 Å². The summed E-state index contributed by atoms with van der Waals surface area (Å²) in [6, 6.07) is 5.77. The van der Waals surface area contributed by atoms with Crippen LogP contribution in [0.25, 0.3) is 0 Å². The van der Waals surface area contributed by atoms with E-state index in [1.165, 1.54) is 31.2 Å². The van der Waals surface area contributed by atoms with Crippen LogP contribution < -0.4 is 0 Å². The Labute approximate surface area is 112 Å². The van der Waals surface area contributed by atoms with Gasteiger partial charge in [0.15, 0.2) is 5.78 Å². The number of hydrogen-bond donors (Lipinski definition) is 1. The molecule has 96 valence electrons. The van der Waals surface area contributed by atoms with Crippen LogP contribution in [0.2, 0.25) is 0 Å². The Bertz CT molecular complexity index is 715. The average Bonchev–Trinajstić information content (AvgIpc) is 2.81. The Morgan fingerprint density at radius 3 is 2.63 bits per heavy atom. The molecular weight excluding hydrogens is 267 g/mol. The van der Waals surface area contributed by atoms with E-state index < -0.39 is 12.0 Å². The van der Waals surface area contributed by atoms with Crippen LogP contribution in [0.5, 0.6) is 5.75 Å². The first kappa shape index (κ1) is 12.0. The van der Waals surface area contributed by atoms with Gasteiger partial charge in [0.2, 0.25) is 5.78 Å². The van der Waals surface area contributed by atoms with Crippen molar-refractivity contribution in [3.8, 4) is 5.75 Å². The summed E-state index contributed by atoms with van der Waals surface area (Å²) in [6.07, 6.45) is -1.23. The van der Waals surface area contributed by atoms with Crippen LogP contribution in [0, 0.1) is 0 Å². The van der Waals surface area contributed by atoms with Crippen molar-refractivity contribution >= 4 is 22.9 Å². The molecule has 1 aromatic carbocycles. The standard InChI is InChI=1S/C14H9FO3S/c1-6(15)10-5-8-12(17)11-7(3-2-4-9(11)16)13(18)14(8)19-10/h2-6,16H,1H3. The maximum atomic E-state index is 13.3. The molecule has 3 rings (SSSR count). The molecule has 1 heterocycles. The number of fused-ring (bicyclic) bond motifs is 2. The van der Waals surface area contributed by atoms with Crippen LogP contribution in [0.15, 0.2) is 24.3 Å². The number of aromatic hydroxyl groups is 1. The molecule has 0 spiro atoms. The fourth-order valence-corrected chi connectivity index (χ4v) is 3.21. The van der Waals surface area contributed by atoms with Gasteiger partial charge in [-0.15, -0.1) is 11.3 Å². The summed E-state index contributed by atoms with van der Waals surface area (Å²) < 4.78 is 13.3. The highest BCUT2D eigenvalue weighted by Crippen LogP contribution is 2.38. The minimum Gasteiger partial charge on any atom is -0.507 e. The van der Waals surface area contributed by atoms with Gasteiger partial charge >= 0.3 is 0 Å². The lowest BCUT2D eigenvalue weighted by Crippen LogP contribution is -2.18. The summed E-state index contributed by atoms with van der Waals surface area (Å²) in [5, 5.41) is 9.74. The molecule has 2 aromatic rings. The van der Waals surface area contributed by atoms with Crippen molar-refractivity contribution in [1.29, 1.82) is 0 Å². The normalized spacial score (nSPS) is 15.1. The molecular formula is C14H9FO3S. The first-order valence-electron chi connectivity index (χ1n) is 5.70. The molecule has 0 fully saturated rings. The Hall–Kier alpha value is -2.01. The number of rotatable bonds is 1. The number of hydrogen-bond acceptors (Lipinski definition) is 4. The predicted molar refractivity (Wildman–Crippen MR) is 68.8 cm³/mol. The molecule has 1 unspecified atom stereocenters. The molecule has 0 aliphatic heterocycles. The van der Waals surface area contributed by atoms with E-state index in [0.717, 1.165) is 11.3 Å². The zero-order valence-electron chi connectivity index (χ0n) is 9.94. The number of phenolic OH excluding ortho intramolecular Hbond substituents is 1. The fourth-order valence-electron chi connectivity index (χ4n) is 2.17. The van der Waals surface area contributed by atoms with E-state index in [4.69, 9.17) is 0 Å². The Kier molecular flexibility index (Phi) is 2.53. The van der Waals surface area contributed by atoms with Gasteiger partial charge in [0.1, 0.15) is 11.9 Å². The Balaban J connectivity index is 2.27. The van der Waals surface area contributed by atoms with Crippen molar-refractivity contribution in [2.24, 2.45) is 0 Å². The number of carbonyl (C=O) groups excluding carboxylic acids is 2. The molecule has 1 aliphatic rings. The molecule has 1 N–H and O–H groups in total. The van der Waals surface area contributed by atoms with Crippen LogP contribution in [0.1, 0.15) is 49.1 Å². The quantitative estimate of drug-likeness (QED) is 0.742. The van der Waals surface area contributed by atoms with Gasteiger partial charge in [-0.05, 0) is 25.1 Å². The number of benzene rings is 1. The van der Waals surface area contributed by atoms with Gasteiger partial charge in [-0.1, -0.05) is 6.07 Å². The third-order valence-electron chi connectivity index (χ3n) is 3.11. The number of carbonyl (C=O) groups is 2. The molecule has 0 amide bonds. The molecule has 1 aromatic heterocycles. The highest BCUT2D eigenvalue weighted by Gasteiger charge is 2.34. The lowest BCUT2D eigenvalue weighted by Gasteiger charge is -2.14. The molecule has 5 heteroatoms. The highest BCUT2D eigenvalue weighted by molar-refractivity contribution is 7.14. The van der Waals surface area contributed by atoms with Gasteiger partial charge in [0.05, 0.1) is 10.4 Å². The summed E-state index contributed by atoms with van der Waals surface area (Å²) in [4.78, 5) is 25.1. The lowest BCUT2D eigenvalue weighted by molar-refractivity contribution is 0.0980. The van der Waals surface area contributed by atoms with Crippen molar-refractivity contribution in [2.75, 3.05) is 0 Å². The maximum absolute atomic E-state index is 13.3. The maximum Gasteiger partial charge on any atom is 0.204 e. The molecule has 0 saturated heterocycles. The second-order valence-corrected chi connectivity index (χ2v) is 5.45. The topological polar surface area (TPSA) is 54.4 Å². The number of thiophene rings is 1. The van der Waals surface area contributed by atoms with Crippen molar-refractivity contribution in [1.82, 2.24) is 0 Å². The second-order valence-electron chi connectivity index (χ2n) is 4.37. The minimum atomic E-state index is -1.23.